The Morgan fingerprint density at radius 1 is 0.354 bits per heavy atom. The lowest BCUT2D eigenvalue weighted by atomic mass is 10.00. The van der Waals surface area contributed by atoms with Crippen LogP contribution in [0.5, 0.6) is 0 Å². The Hall–Kier alpha value is -1.94. The summed E-state index contributed by atoms with van der Waals surface area (Å²) in [5.74, 6) is -0.650. The van der Waals surface area contributed by atoms with Gasteiger partial charge < -0.3 is 33.8 Å². The van der Waals surface area contributed by atoms with Crippen LogP contribution in [0.15, 0.2) is 0 Å². The van der Waals surface area contributed by atoms with Gasteiger partial charge in [0.05, 0.1) is 26.4 Å². The maximum atomic E-state index is 13.0. The van der Waals surface area contributed by atoms with Crippen molar-refractivity contribution in [3.05, 3.63) is 0 Å². The number of phosphoric acid groups is 2. The lowest BCUT2D eigenvalue weighted by Crippen LogP contribution is -2.30. The SMILES string of the molecule is CCCCCCCCCCCCCCC(=O)OC[C@H](COP(=O)(O)OC[C@@H](O)COP(=O)(O)OC[C@@H](COC(=O)CCCCCCC)OC(=O)CCCCCCCCC(C)CC)OC(=O)CCCCCCCCCCCCCCC(C)C. The van der Waals surface area contributed by atoms with Crippen molar-refractivity contribution in [3.63, 3.8) is 0 Å². The van der Waals surface area contributed by atoms with Gasteiger partial charge in [0.25, 0.3) is 0 Å². The molecule has 82 heavy (non-hydrogen) atoms. The Labute approximate surface area is 498 Å². The number of unbranched alkanes of at least 4 members (excludes halogenated alkanes) is 31. The molecule has 0 aromatic carbocycles. The Morgan fingerprint density at radius 2 is 0.622 bits per heavy atom. The third kappa shape index (κ3) is 55.9. The van der Waals surface area contributed by atoms with Crippen LogP contribution in [-0.4, -0.2) is 96.7 Å². The molecule has 0 bridgehead atoms. The quantitative estimate of drug-likeness (QED) is 0.0222. The van der Waals surface area contributed by atoms with Gasteiger partial charge in [-0.1, -0.05) is 260 Å². The molecule has 0 saturated heterocycles. The van der Waals surface area contributed by atoms with Gasteiger partial charge in [0.2, 0.25) is 0 Å². The lowest BCUT2D eigenvalue weighted by Gasteiger charge is -2.21. The van der Waals surface area contributed by atoms with Crippen molar-refractivity contribution in [2.75, 3.05) is 39.6 Å². The van der Waals surface area contributed by atoms with Crippen LogP contribution in [0.25, 0.3) is 0 Å². The van der Waals surface area contributed by atoms with E-state index in [1.54, 1.807) is 0 Å². The fourth-order valence-electron chi connectivity index (χ4n) is 9.32. The van der Waals surface area contributed by atoms with Crippen LogP contribution in [0.3, 0.4) is 0 Å². The molecule has 0 rings (SSSR count). The number of aliphatic hydroxyl groups excluding tert-OH is 1. The van der Waals surface area contributed by atoms with Gasteiger partial charge in [0.15, 0.2) is 12.2 Å². The minimum Gasteiger partial charge on any atom is -0.462 e. The zero-order valence-corrected chi connectivity index (χ0v) is 54.6. The first-order chi connectivity index (χ1) is 39.4. The van der Waals surface area contributed by atoms with E-state index in [2.05, 4.69) is 41.5 Å². The second-order valence-corrected chi connectivity index (χ2v) is 26.4. The molecule has 0 aromatic heterocycles. The summed E-state index contributed by atoms with van der Waals surface area (Å²) in [4.78, 5) is 71.9. The maximum Gasteiger partial charge on any atom is 0.472 e. The molecule has 3 N–H and O–H groups in total. The minimum atomic E-state index is -4.94. The predicted octanol–water partition coefficient (Wildman–Crippen LogP) is 17.3. The summed E-state index contributed by atoms with van der Waals surface area (Å²) < 4.78 is 67.8. The van der Waals surface area contributed by atoms with Crippen LogP contribution in [-0.2, 0) is 65.4 Å². The molecule has 0 amide bonds. The van der Waals surface area contributed by atoms with E-state index in [-0.39, 0.29) is 25.7 Å². The van der Waals surface area contributed by atoms with Crippen molar-refractivity contribution >= 4 is 39.5 Å². The Kier molecular flexibility index (Phi) is 54.3. The predicted molar refractivity (Wildman–Crippen MR) is 326 cm³/mol. The first-order valence-electron chi connectivity index (χ1n) is 33.0. The molecule has 0 heterocycles. The Bertz CT molecular complexity index is 1620. The summed E-state index contributed by atoms with van der Waals surface area (Å²) in [6, 6.07) is 0. The molecule has 0 radical (unpaired) electrons. The molecule has 17 nitrogen and oxygen atoms in total. The Balaban J connectivity index is 5.18. The summed E-state index contributed by atoms with van der Waals surface area (Å²) in [6.45, 7) is 9.36. The van der Waals surface area contributed by atoms with Crippen molar-refractivity contribution in [1.29, 1.82) is 0 Å². The number of rotatable bonds is 62. The average Bonchev–Trinajstić information content (AvgIpc) is 3.45. The van der Waals surface area contributed by atoms with E-state index in [1.165, 1.54) is 122 Å². The van der Waals surface area contributed by atoms with Gasteiger partial charge in [0.1, 0.15) is 19.3 Å². The molecule has 486 valence electrons. The third-order valence-corrected chi connectivity index (χ3v) is 16.7. The summed E-state index contributed by atoms with van der Waals surface area (Å²) in [7, 11) is -9.88. The van der Waals surface area contributed by atoms with E-state index in [0.717, 1.165) is 108 Å². The van der Waals surface area contributed by atoms with Crippen LogP contribution in [0.2, 0.25) is 0 Å². The zero-order valence-electron chi connectivity index (χ0n) is 52.8. The molecule has 3 unspecified atom stereocenters. The van der Waals surface area contributed by atoms with Gasteiger partial charge in [-0.25, -0.2) is 9.13 Å². The topological polar surface area (TPSA) is 237 Å². The van der Waals surface area contributed by atoms with Crippen LogP contribution >= 0.6 is 15.6 Å². The molecule has 6 atom stereocenters. The molecule has 0 aliphatic carbocycles. The third-order valence-electron chi connectivity index (χ3n) is 14.8. The summed E-state index contributed by atoms with van der Waals surface area (Å²) in [5, 5.41) is 10.5. The monoisotopic (exact) mass is 1210 g/mol. The smallest absolute Gasteiger partial charge is 0.462 e. The largest absolute Gasteiger partial charge is 0.472 e. The van der Waals surface area contributed by atoms with Gasteiger partial charge in [-0.3, -0.25) is 37.3 Å². The number of aliphatic hydroxyl groups is 1. The van der Waals surface area contributed by atoms with Gasteiger partial charge in [-0.2, -0.15) is 0 Å². The normalized spacial score (nSPS) is 14.7. The van der Waals surface area contributed by atoms with Crippen LogP contribution in [0.4, 0.5) is 0 Å². The van der Waals surface area contributed by atoms with Crippen LogP contribution in [0, 0.1) is 11.8 Å². The van der Waals surface area contributed by atoms with Gasteiger partial charge in [0, 0.05) is 25.7 Å². The minimum absolute atomic E-state index is 0.102. The number of esters is 4. The van der Waals surface area contributed by atoms with Crippen molar-refractivity contribution in [3.8, 4) is 0 Å². The molecule has 0 spiro atoms. The van der Waals surface area contributed by atoms with Crippen molar-refractivity contribution in [2.24, 2.45) is 11.8 Å². The van der Waals surface area contributed by atoms with E-state index in [0.29, 0.717) is 25.7 Å². The van der Waals surface area contributed by atoms with Crippen molar-refractivity contribution in [1.82, 2.24) is 0 Å². The second-order valence-electron chi connectivity index (χ2n) is 23.5. The van der Waals surface area contributed by atoms with E-state index < -0.39 is 97.5 Å². The van der Waals surface area contributed by atoms with Gasteiger partial charge in [-0.15, -0.1) is 0 Å². The highest BCUT2D eigenvalue weighted by Crippen LogP contribution is 2.45. The molecular weight excluding hydrogens is 1090 g/mol. The van der Waals surface area contributed by atoms with E-state index in [1.807, 2.05) is 0 Å². The van der Waals surface area contributed by atoms with Crippen molar-refractivity contribution < 1.29 is 80.2 Å². The molecule has 0 aliphatic rings. The fourth-order valence-corrected chi connectivity index (χ4v) is 10.9. The van der Waals surface area contributed by atoms with Crippen LogP contribution in [0.1, 0.15) is 311 Å². The summed E-state index contributed by atoms with van der Waals surface area (Å²) in [6.07, 6.45) is 37.9. The highest BCUT2D eigenvalue weighted by Gasteiger charge is 2.30. The Morgan fingerprint density at radius 3 is 0.927 bits per heavy atom. The molecule has 0 aliphatic heterocycles. The number of carbonyl (C=O) groups excluding carboxylic acids is 4. The molecule has 0 fully saturated rings. The molecule has 0 aromatic rings. The number of hydrogen-bond acceptors (Lipinski definition) is 15. The molecule has 19 heteroatoms. The highest BCUT2D eigenvalue weighted by molar-refractivity contribution is 7.47. The van der Waals surface area contributed by atoms with E-state index in [9.17, 15) is 43.2 Å². The van der Waals surface area contributed by atoms with Gasteiger partial charge >= 0.3 is 39.5 Å². The maximum absolute atomic E-state index is 13.0. The van der Waals surface area contributed by atoms with Gasteiger partial charge in [-0.05, 0) is 37.5 Å². The van der Waals surface area contributed by atoms with E-state index in [4.69, 9.17) is 37.0 Å². The van der Waals surface area contributed by atoms with Crippen LogP contribution < -0.4 is 0 Å². The fraction of sp³-hybridized carbons (Fsp3) is 0.937. The summed E-state index contributed by atoms with van der Waals surface area (Å²) >= 11 is 0. The molecule has 0 saturated carbocycles. The summed E-state index contributed by atoms with van der Waals surface area (Å²) in [5.41, 5.74) is 0. The zero-order chi connectivity index (χ0) is 60.8. The first kappa shape index (κ1) is 80.1. The highest BCUT2D eigenvalue weighted by atomic mass is 31.2. The second kappa shape index (κ2) is 55.6. The lowest BCUT2D eigenvalue weighted by molar-refractivity contribution is -0.161. The first-order valence-corrected chi connectivity index (χ1v) is 36.0. The number of hydrogen-bond donors (Lipinski definition) is 3. The average molecular weight is 1210 g/mol. The number of carbonyl (C=O) groups is 4. The standard InChI is InChI=1S/C63H122O17P2/c1-7-10-12-14-15-16-17-21-24-27-34-40-46-61(66)74-52-59(79-62(67)47-41-35-28-25-22-19-18-20-23-26-32-37-43-55(4)5)54-78-82(71,72)76-50-57(64)49-75-81(69,70)77-53-58(51-73-60(65)45-39-31-13-11-8-2)80-63(68)48-42-36-30-29-33-38-44-56(6)9-3/h55-59,64H,7-54H2,1-6H3,(H,69,70)(H,71,72)/t56?,57-,58+,59+/m0/s1. The number of ether oxygens (including phenoxy) is 4. The van der Waals surface area contributed by atoms with Crippen molar-refractivity contribution in [2.45, 2.75) is 330 Å². The molecular formula is C63H122O17P2. The number of phosphoric ester groups is 2. The van der Waals surface area contributed by atoms with E-state index >= 15 is 0 Å².